The van der Waals surface area contributed by atoms with Crippen molar-refractivity contribution in [2.45, 2.75) is 0 Å². The molecule has 3 amide bonds. The fourth-order valence-electron chi connectivity index (χ4n) is 1.82. The number of hydrogen-bond acceptors (Lipinski definition) is 5. The fraction of sp³-hybridized carbons (Fsp3) is 0.0625. The highest BCUT2D eigenvalue weighted by Crippen LogP contribution is 2.16. The predicted octanol–water partition coefficient (Wildman–Crippen LogP) is 1.17. The zero-order chi connectivity index (χ0) is 16.8. The number of anilines is 2. The third-order valence-electron chi connectivity index (χ3n) is 2.97. The number of benzene rings is 2. The maximum Gasteiger partial charge on any atom is 0.316 e. The number of nitrogens with two attached hydrogens (primary N) is 1. The second-order valence-corrected chi connectivity index (χ2v) is 4.56. The average molecular weight is 313 g/mol. The van der Waals surface area contributed by atoms with Crippen LogP contribution in [0.2, 0.25) is 0 Å². The van der Waals surface area contributed by atoms with Crippen LogP contribution in [0.25, 0.3) is 0 Å². The lowest BCUT2D eigenvalue weighted by Gasteiger charge is -2.08. The van der Waals surface area contributed by atoms with Crippen LogP contribution in [0, 0.1) is 0 Å². The molecule has 0 aliphatic heterocycles. The Hall–Kier alpha value is -3.35. The molecule has 0 atom stereocenters. The summed E-state index contributed by atoms with van der Waals surface area (Å²) in [4.78, 5) is 35.5. The van der Waals surface area contributed by atoms with E-state index >= 15 is 0 Å². The van der Waals surface area contributed by atoms with Gasteiger partial charge in [0.2, 0.25) is 0 Å². The van der Waals surface area contributed by atoms with Gasteiger partial charge < -0.3 is 15.8 Å². The summed E-state index contributed by atoms with van der Waals surface area (Å²) in [5.41, 5.74) is 6.35. The quantitative estimate of drug-likeness (QED) is 0.582. The SMILES string of the molecule is COc1cccc(NC(=O)C(=O)NC(=O)c2ccccc2N)c1. The largest absolute Gasteiger partial charge is 0.497 e. The van der Waals surface area contributed by atoms with E-state index in [9.17, 15) is 14.4 Å². The summed E-state index contributed by atoms with van der Waals surface area (Å²) in [6.45, 7) is 0. The van der Waals surface area contributed by atoms with Gasteiger partial charge in [-0.25, -0.2) is 0 Å². The smallest absolute Gasteiger partial charge is 0.316 e. The summed E-state index contributed by atoms with van der Waals surface area (Å²) in [6, 6.07) is 12.7. The van der Waals surface area contributed by atoms with Crippen LogP contribution in [-0.2, 0) is 9.59 Å². The standard InChI is InChI=1S/C16H15N3O4/c1-23-11-6-4-5-10(9-11)18-15(21)16(22)19-14(20)12-7-2-3-8-13(12)17/h2-9H,17H2,1H3,(H,18,21)(H,19,20,22). The lowest BCUT2D eigenvalue weighted by Crippen LogP contribution is -2.39. The number of nitrogen functional groups attached to an aromatic ring is 1. The molecular formula is C16H15N3O4. The van der Waals surface area contributed by atoms with E-state index < -0.39 is 17.7 Å². The minimum absolute atomic E-state index is 0.120. The van der Waals surface area contributed by atoms with Gasteiger partial charge in [-0.1, -0.05) is 18.2 Å². The van der Waals surface area contributed by atoms with Crippen molar-refractivity contribution in [1.29, 1.82) is 0 Å². The number of imide groups is 1. The minimum atomic E-state index is -1.08. The Morgan fingerprint density at radius 3 is 2.43 bits per heavy atom. The fourth-order valence-corrected chi connectivity index (χ4v) is 1.82. The molecule has 4 N–H and O–H groups in total. The second-order valence-electron chi connectivity index (χ2n) is 4.56. The van der Waals surface area contributed by atoms with E-state index in [1.54, 1.807) is 36.4 Å². The van der Waals surface area contributed by atoms with Crippen LogP contribution in [0.15, 0.2) is 48.5 Å². The predicted molar refractivity (Wildman–Crippen MR) is 85.0 cm³/mol. The Balaban J connectivity index is 2.01. The van der Waals surface area contributed by atoms with Crippen molar-refractivity contribution in [1.82, 2.24) is 5.32 Å². The summed E-state index contributed by atoms with van der Waals surface area (Å²) in [5, 5.41) is 4.36. The third-order valence-corrected chi connectivity index (χ3v) is 2.97. The molecule has 0 saturated carbocycles. The first-order valence-corrected chi connectivity index (χ1v) is 6.66. The van der Waals surface area contributed by atoms with E-state index in [-0.39, 0.29) is 11.3 Å². The average Bonchev–Trinajstić information content (AvgIpc) is 2.55. The lowest BCUT2D eigenvalue weighted by atomic mass is 10.1. The van der Waals surface area contributed by atoms with Gasteiger partial charge in [-0.15, -0.1) is 0 Å². The first-order chi connectivity index (χ1) is 11.0. The minimum Gasteiger partial charge on any atom is -0.497 e. The van der Waals surface area contributed by atoms with E-state index in [2.05, 4.69) is 5.32 Å². The molecule has 0 aliphatic rings. The molecule has 7 nitrogen and oxygen atoms in total. The van der Waals surface area contributed by atoms with E-state index in [4.69, 9.17) is 10.5 Å². The highest BCUT2D eigenvalue weighted by Gasteiger charge is 2.19. The van der Waals surface area contributed by atoms with Crippen LogP contribution in [0.1, 0.15) is 10.4 Å². The van der Waals surface area contributed by atoms with Crippen molar-refractivity contribution < 1.29 is 19.1 Å². The molecule has 0 aromatic heterocycles. The molecule has 23 heavy (non-hydrogen) atoms. The summed E-state index contributed by atoms with van der Waals surface area (Å²) in [6.07, 6.45) is 0. The maximum atomic E-state index is 11.9. The van der Waals surface area contributed by atoms with Gasteiger partial charge in [-0.05, 0) is 24.3 Å². The molecule has 0 saturated heterocycles. The van der Waals surface area contributed by atoms with Crippen LogP contribution in [0.4, 0.5) is 11.4 Å². The normalized spacial score (nSPS) is 9.78. The van der Waals surface area contributed by atoms with Crippen LogP contribution >= 0.6 is 0 Å². The highest BCUT2D eigenvalue weighted by molar-refractivity contribution is 6.42. The van der Waals surface area contributed by atoms with Gasteiger partial charge in [0.1, 0.15) is 5.75 Å². The van der Waals surface area contributed by atoms with Gasteiger partial charge in [-0.3, -0.25) is 19.7 Å². The molecule has 2 aromatic rings. The monoisotopic (exact) mass is 313 g/mol. The molecule has 0 bridgehead atoms. The summed E-state index contributed by atoms with van der Waals surface area (Å²) in [7, 11) is 1.48. The molecule has 118 valence electrons. The zero-order valence-electron chi connectivity index (χ0n) is 12.3. The number of rotatable bonds is 3. The number of hydrogen-bond donors (Lipinski definition) is 3. The Morgan fingerprint density at radius 1 is 1.00 bits per heavy atom. The number of carbonyl (C=O) groups is 3. The molecule has 2 aromatic carbocycles. The number of amides is 3. The van der Waals surface area contributed by atoms with E-state index in [1.165, 1.54) is 19.2 Å². The Morgan fingerprint density at radius 2 is 1.74 bits per heavy atom. The molecule has 0 radical (unpaired) electrons. The molecule has 2 rings (SSSR count). The molecule has 0 aliphatic carbocycles. The third kappa shape index (κ3) is 4.07. The topological polar surface area (TPSA) is 111 Å². The van der Waals surface area contributed by atoms with Crippen LogP contribution in [-0.4, -0.2) is 24.8 Å². The van der Waals surface area contributed by atoms with Crippen molar-refractivity contribution in [3.8, 4) is 5.75 Å². The van der Waals surface area contributed by atoms with Crippen molar-refractivity contribution in [2.75, 3.05) is 18.2 Å². The highest BCUT2D eigenvalue weighted by atomic mass is 16.5. The number of carbonyl (C=O) groups excluding carboxylic acids is 3. The zero-order valence-corrected chi connectivity index (χ0v) is 12.3. The summed E-state index contributed by atoms with van der Waals surface area (Å²) < 4.78 is 5.01. The number of para-hydroxylation sites is 1. The molecule has 0 heterocycles. The first kappa shape index (κ1) is 16.0. The van der Waals surface area contributed by atoms with Crippen LogP contribution < -0.4 is 21.1 Å². The van der Waals surface area contributed by atoms with E-state index in [0.29, 0.717) is 11.4 Å². The molecule has 7 heteroatoms. The van der Waals surface area contributed by atoms with Gasteiger partial charge in [-0.2, -0.15) is 0 Å². The van der Waals surface area contributed by atoms with Crippen molar-refractivity contribution >= 4 is 29.1 Å². The van der Waals surface area contributed by atoms with E-state index in [1.807, 2.05) is 5.32 Å². The number of methoxy groups -OCH3 is 1. The maximum absolute atomic E-state index is 11.9. The van der Waals surface area contributed by atoms with Crippen LogP contribution in [0.3, 0.4) is 0 Å². The molecular weight excluding hydrogens is 298 g/mol. The second kappa shape index (κ2) is 7.08. The molecule has 0 fully saturated rings. The van der Waals surface area contributed by atoms with Gasteiger partial charge in [0.25, 0.3) is 5.91 Å². The van der Waals surface area contributed by atoms with Gasteiger partial charge in [0, 0.05) is 17.4 Å². The van der Waals surface area contributed by atoms with Gasteiger partial charge >= 0.3 is 11.8 Å². The Kier molecular flexibility index (Phi) is 4.93. The van der Waals surface area contributed by atoms with Crippen LogP contribution in [0.5, 0.6) is 5.75 Å². The molecule has 0 unspecified atom stereocenters. The molecule has 0 spiro atoms. The number of ether oxygens (including phenoxy) is 1. The van der Waals surface area contributed by atoms with Gasteiger partial charge in [0.15, 0.2) is 0 Å². The first-order valence-electron chi connectivity index (χ1n) is 6.66. The van der Waals surface area contributed by atoms with Gasteiger partial charge in [0.05, 0.1) is 12.7 Å². The van der Waals surface area contributed by atoms with Crippen molar-refractivity contribution in [3.05, 3.63) is 54.1 Å². The summed E-state index contributed by atoms with van der Waals surface area (Å²) in [5.74, 6) is -2.27. The lowest BCUT2D eigenvalue weighted by molar-refractivity contribution is -0.135. The van der Waals surface area contributed by atoms with Crippen molar-refractivity contribution in [2.24, 2.45) is 0 Å². The number of nitrogens with one attached hydrogen (secondary N) is 2. The Bertz CT molecular complexity index is 758. The summed E-state index contributed by atoms with van der Waals surface area (Å²) >= 11 is 0. The Labute approximate surface area is 132 Å². The van der Waals surface area contributed by atoms with Crippen molar-refractivity contribution in [3.63, 3.8) is 0 Å². The van der Waals surface area contributed by atoms with E-state index in [0.717, 1.165) is 0 Å².